The van der Waals surface area contributed by atoms with Gasteiger partial charge in [-0.25, -0.2) is 0 Å². The third kappa shape index (κ3) is 6.25. The lowest BCUT2D eigenvalue weighted by Gasteiger charge is -2.44. The number of ether oxygens (including phenoxy) is 1. The van der Waals surface area contributed by atoms with Crippen LogP contribution in [-0.2, 0) is 4.74 Å². The molecule has 0 aliphatic heterocycles. The van der Waals surface area contributed by atoms with Crippen LogP contribution in [0.2, 0.25) is 0 Å². The van der Waals surface area contributed by atoms with Gasteiger partial charge in [-0.3, -0.25) is 0 Å². The second-order valence-corrected chi connectivity index (χ2v) is 7.17. The molecule has 0 spiro atoms. The van der Waals surface area contributed by atoms with Crippen LogP contribution >= 0.6 is 0 Å². The molecule has 0 aromatic heterocycles. The molecule has 0 amide bonds. The molecule has 1 fully saturated rings. The summed E-state index contributed by atoms with van der Waals surface area (Å²) in [5.74, 6) is 0.913. The van der Waals surface area contributed by atoms with E-state index in [1.165, 1.54) is 45.2 Å². The van der Waals surface area contributed by atoms with E-state index in [1.807, 2.05) is 0 Å². The number of nitrogens with zero attached hydrogens (tertiary/aromatic N) is 1. The Morgan fingerprint density at radius 2 is 1.95 bits per heavy atom. The summed E-state index contributed by atoms with van der Waals surface area (Å²) < 4.78 is 5.17. The first-order valence-corrected chi connectivity index (χ1v) is 9.00. The fraction of sp³-hybridized carbons (Fsp3) is 1.00. The molecule has 0 heterocycles. The minimum absolute atomic E-state index is 0.472. The lowest BCUT2D eigenvalue weighted by atomic mass is 9.70. The van der Waals surface area contributed by atoms with Gasteiger partial charge < -0.3 is 15.0 Å². The van der Waals surface area contributed by atoms with Gasteiger partial charge in [0.2, 0.25) is 0 Å². The lowest BCUT2D eigenvalue weighted by molar-refractivity contribution is 0.0669. The fourth-order valence-electron chi connectivity index (χ4n) is 3.56. The molecule has 0 aromatic rings. The molecule has 1 rings (SSSR count). The van der Waals surface area contributed by atoms with Gasteiger partial charge in [-0.15, -0.1) is 0 Å². The van der Waals surface area contributed by atoms with Crippen LogP contribution in [0.15, 0.2) is 0 Å². The predicted octanol–water partition coefficient (Wildman–Crippen LogP) is 3.54. The van der Waals surface area contributed by atoms with Crippen LogP contribution in [-0.4, -0.2) is 50.8 Å². The SMILES string of the molecule is CCC(C)N(CC)CC1(CNCCOC)CCC(C)CC1. The van der Waals surface area contributed by atoms with E-state index >= 15 is 0 Å². The van der Waals surface area contributed by atoms with Crippen molar-refractivity contribution in [2.45, 2.75) is 65.8 Å². The molecular formula is C18H38N2O. The van der Waals surface area contributed by atoms with Gasteiger partial charge in [0.25, 0.3) is 0 Å². The monoisotopic (exact) mass is 298 g/mol. The van der Waals surface area contributed by atoms with E-state index in [2.05, 4.69) is 37.9 Å². The summed E-state index contributed by atoms with van der Waals surface area (Å²) in [4.78, 5) is 2.69. The van der Waals surface area contributed by atoms with Crippen molar-refractivity contribution in [2.75, 3.05) is 39.9 Å². The Bertz CT molecular complexity index is 262. The van der Waals surface area contributed by atoms with Gasteiger partial charge >= 0.3 is 0 Å². The van der Waals surface area contributed by atoms with Crippen LogP contribution in [0.3, 0.4) is 0 Å². The second kappa shape index (κ2) is 9.81. The fourth-order valence-corrected chi connectivity index (χ4v) is 3.56. The number of hydrogen-bond acceptors (Lipinski definition) is 3. The highest BCUT2D eigenvalue weighted by molar-refractivity contribution is 4.90. The first kappa shape index (κ1) is 18.9. The van der Waals surface area contributed by atoms with E-state index in [-0.39, 0.29) is 0 Å². The van der Waals surface area contributed by atoms with Crippen molar-refractivity contribution in [1.82, 2.24) is 10.2 Å². The number of hydrogen-bond donors (Lipinski definition) is 1. The lowest BCUT2D eigenvalue weighted by Crippen LogP contribution is -2.48. The van der Waals surface area contributed by atoms with Crippen LogP contribution in [0, 0.1) is 11.3 Å². The largest absolute Gasteiger partial charge is 0.383 e. The zero-order chi connectivity index (χ0) is 15.7. The Morgan fingerprint density at radius 3 is 2.48 bits per heavy atom. The van der Waals surface area contributed by atoms with Crippen molar-refractivity contribution in [3.8, 4) is 0 Å². The third-order valence-corrected chi connectivity index (χ3v) is 5.48. The Kier molecular flexibility index (Phi) is 8.84. The summed E-state index contributed by atoms with van der Waals surface area (Å²) in [5.41, 5.74) is 0.472. The molecular weight excluding hydrogens is 260 g/mol. The first-order valence-electron chi connectivity index (χ1n) is 9.00. The summed E-state index contributed by atoms with van der Waals surface area (Å²) >= 11 is 0. The maximum absolute atomic E-state index is 5.17. The van der Waals surface area contributed by atoms with Crippen LogP contribution < -0.4 is 5.32 Å². The van der Waals surface area contributed by atoms with Gasteiger partial charge in [0.15, 0.2) is 0 Å². The predicted molar refractivity (Wildman–Crippen MR) is 91.8 cm³/mol. The summed E-state index contributed by atoms with van der Waals surface area (Å²) in [6.07, 6.45) is 6.79. The van der Waals surface area contributed by atoms with Gasteiger partial charge in [-0.1, -0.05) is 33.6 Å². The maximum atomic E-state index is 5.17. The molecule has 0 saturated heterocycles. The van der Waals surface area contributed by atoms with E-state index in [1.54, 1.807) is 7.11 Å². The zero-order valence-electron chi connectivity index (χ0n) is 15.1. The van der Waals surface area contributed by atoms with Crippen LogP contribution in [0.4, 0.5) is 0 Å². The Balaban J connectivity index is 2.62. The Morgan fingerprint density at radius 1 is 1.29 bits per heavy atom. The van der Waals surface area contributed by atoms with E-state index in [0.717, 1.165) is 25.6 Å². The summed E-state index contributed by atoms with van der Waals surface area (Å²) in [7, 11) is 1.78. The molecule has 1 saturated carbocycles. The molecule has 1 aliphatic rings. The number of nitrogens with one attached hydrogen (secondary N) is 1. The summed E-state index contributed by atoms with van der Waals surface area (Å²) in [5, 5.41) is 3.65. The van der Waals surface area contributed by atoms with Crippen LogP contribution in [0.1, 0.15) is 59.8 Å². The van der Waals surface area contributed by atoms with Crippen LogP contribution in [0.25, 0.3) is 0 Å². The van der Waals surface area contributed by atoms with Crippen molar-refractivity contribution in [3.63, 3.8) is 0 Å². The minimum atomic E-state index is 0.472. The molecule has 1 N–H and O–H groups in total. The molecule has 0 aromatic carbocycles. The van der Waals surface area contributed by atoms with E-state index in [4.69, 9.17) is 4.74 Å². The highest BCUT2D eigenvalue weighted by Crippen LogP contribution is 2.39. The molecule has 126 valence electrons. The molecule has 3 heteroatoms. The average Bonchev–Trinajstić information content (AvgIpc) is 2.51. The molecule has 1 atom stereocenters. The van der Waals surface area contributed by atoms with Crippen molar-refractivity contribution < 1.29 is 4.74 Å². The Hall–Kier alpha value is -0.120. The third-order valence-electron chi connectivity index (χ3n) is 5.48. The number of methoxy groups -OCH3 is 1. The smallest absolute Gasteiger partial charge is 0.0587 e. The quantitative estimate of drug-likeness (QED) is 0.624. The van der Waals surface area contributed by atoms with Gasteiger partial charge in [0, 0.05) is 32.8 Å². The van der Waals surface area contributed by atoms with Gasteiger partial charge in [0.1, 0.15) is 0 Å². The highest BCUT2D eigenvalue weighted by Gasteiger charge is 2.35. The summed E-state index contributed by atoms with van der Waals surface area (Å²) in [6, 6.07) is 0.699. The normalized spacial score (nSPS) is 28.0. The molecule has 3 nitrogen and oxygen atoms in total. The van der Waals surface area contributed by atoms with E-state index in [9.17, 15) is 0 Å². The first-order chi connectivity index (χ1) is 10.1. The summed E-state index contributed by atoms with van der Waals surface area (Å²) in [6.45, 7) is 14.8. The standard InChI is InChI=1S/C18H38N2O/c1-6-17(4)20(7-2)15-18(14-19-12-13-21-5)10-8-16(3)9-11-18/h16-17,19H,6-15H2,1-5H3. The molecule has 1 aliphatic carbocycles. The van der Waals surface area contributed by atoms with Gasteiger partial charge in [0.05, 0.1) is 6.61 Å². The molecule has 1 unspecified atom stereocenters. The van der Waals surface area contributed by atoms with Crippen molar-refractivity contribution in [2.24, 2.45) is 11.3 Å². The van der Waals surface area contributed by atoms with Gasteiger partial charge in [-0.2, -0.15) is 0 Å². The van der Waals surface area contributed by atoms with Crippen molar-refractivity contribution in [1.29, 1.82) is 0 Å². The second-order valence-electron chi connectivity index (χ2n) is 7.17. The Labute approximate surface area is 132 Å². The molecule has 0 radical (unpaired) electrons. The van der Waals surface area contributed by atoms with E-state index < -0.39 is 0 Å². The van der Waals surface area contributed by atoms with Gasteiger partial charge in [-0.05, 0) is 44.1 Å². The minimum Gasteiger partial charge on any atom is -0.383 e. The zero-order valence-corrected chi connectivity index (χ0v) is 15.1. The molecule has 0 bridgehead atoms. The molecule has 21 heavy (non-hydrogen) atoms. The highest BCUT2D eigenvalue weighted by atomic mass is 16.5. The number of rotatable bonds is 10. The topological polar surface area (TPSA) is 24.5 Å². The van der Waals surface area contributed by atoms with Crippen molar-refractivity contribution in [3.05, 3.63) is 0 Å². The van der Waals surface area contributed by atoms with Crippen LogP contribution in [0.5, 0.6) is 0 Å². The van der Waals surface area contributed by atoms with E-state index in [0.29, 0.717) is 11.5 Å². The maximum Gasteiger partial charge on any atom is 0.0587 e. The average molecular weight is 299 g/mol. The van der Waals surface area contributed by atoms with Crippen molar-refractivity contribution >= 4 is 0 Å².